The van der Waals surface area contributed by atoms with E-state index in [4.69, 9.17) is 0 Å². The van der Waals surface area contributed by atoms with Crippen molar-refractivity contribution in [3.05, 3.63) is 55.7 Å². The van der Waals surface area contributed by atoms with Gasteiger partial charge in [-0.25, -0.2) is 4.79 Å². The molecule has 0 bridgehead atoms. The van der Waals surface area contributed by atoms with Crippen LogP contribution in [0.3, 0.4) is 0 Å². The van der Waals surface area contributed by atoms with Gasteiger partial charge in [-0.2, -0.15) is 0 Å². The first-order chi connectivity index (χ1) is 10.1. The van der Waals surface area contributed by atoms with E-state index in [9.17, 15) is 14.7 Å². The molecule has 0 unspecified atom stereocenters. The van der Waals surface area contributed by atoms with Crippen LogP contribution in [0.5, 0.6) is 5.88 Å². The van der Waals surface area contributed by atoms with Gasteiger partial charge in [0.15, 0.2) is 0 Å². The molecule has 0 fully saturated rings. The first-order valence-electron chi connectivity index (χ1n) is 6.53. The zero-order valence-electron chi connectivity index (χ0n) is 11.3. The molecule has 6 heteroatoms. The van der Waals surface area contributed by atoms with Crippen molar-refractivity contribution in [2.75, 3.05) is 0 Å². The Morgan fingerprint density at radius 2 is 2.10 bits per heavy atom. The molecule has 3 N–H and O–H groups in total. The van der Waals surface area contributed by atoms with E-state index in [-0.39, 0.29) is 5.56 Å². The highest BCUT2D eigenvalue weighted by atomic mass is 16.3. The SMILES string of the molecule is CCc1cccc2c1N=C/C2=C\c1c(O)[nH]c(=O)[nH]c1=O. The molecule has 0 saturated heterocycles. The maximum Gasteiger partial charge on any atom is 0.328 e. The Kier molecular flexibility index (Phi) is 3.06. The van der Waals surface area contributed by atoms with Crippen molar-refractivity contribution in [1.82, 2.24) is 9.97 Å². The standard InChI is InChI=1S/C15H13N3O3/c1-2-8-4-3-5-10-9(7-16-12(8)10)6-11-13(19)17-15(21)18-14(11)20/h3-7H,2H2,1H3,(H3,17,18,19,20,21)/b9-6+. The average Bonchev–Trinajstić information content (AvgIpc) is 2.85. The molecule has 0 atom stereocenters. The Labute approximate surface area is 119 Å². The Morgan fingerprint density at radius 3 is 2.81 bits per heavy atom. The second-order valence-electron chi connectivity index (χ2n) is 4.70. The van der Waals surface area contributed by atoms with Crippen molar-refractivity contribution in [3.8, 4) is 5.88 Å². The Balaban J connectivity index is 2.16. The van der Waals surface area contributed by atoms with Gasteiger partial charge in [-0.05, 0) is 18.1 Å². The molecule has 0 spiro atoms. The number of aromatic nitrogens is 2. The lowest BCUT2D eigenvalue weighted by Crippen LogP contribution is -2.23. The van der Waals surface area contributed by atoms with Crippen molar-refractivity contribution in [1.29, 1.82) is 0 Å². The minimum absolute atomic E-state index is 0.00537. The number of aliphatic imine (C=N–C) groups is 1. The number of fused-ring (bicyclic) bond motifs is 1. The number of hydrogen-bond acceptors (Lipinski definition) is 4. The third-order valence-corrected chi connectivity index (χ3v) is 3.40. The van der Waals surface area contributed by atoms with Gasteiger partial charge in [-0.1, -0.05) is 25.1 Å². The smallest absolute Gasteiger partial charge is 0.328 e. The van der Waals surface area contributed by atoms with E-state index in [0.29, 0.717) is 5.57 Å². The molecule has 1 aromatic heterocycles. The van der Waals surface area contributed by atoms with E-state index in [2.05, 4.69) is 15.0 Å². The predicted octanol–water partition coefficient (Wildman–Crippen LogP) is 1.59. The van der Waals surface area contributed by atoms with Crippen LogP contribution >= 0.6 is 0 Å². The summed E-state index contributed by atoms with van der Waals surface area (Å²) in [4.78, 5) is 31.4. The van der Waals surface area contributed by atoms with Gasteiger partial charge < -0.3 is 5.11 Å². The normalized spacial score (nSPS) is 14.6. The van der Waals surface area contributed by atoms with Crippen LogP contribution < -0.4 is 11.2 Å². The summed E-state index contributed by atoms with van der Waals surface area (Å²) in [7, 11) is 0. The van der Waals surface area contributed by atoms with E-state index >= 15 is 0 Å². The number of para-hydroxylation sites is 1. The Bertz CT molecular complexity index is 888. The summed E-state index contributed by atoms with van der Waals surface area (Å²) in [5.74, 6) is -0.454. The summed E-state index contributed by atoms with van der Waals surface area (Å²) in [5, 5.41) is 9.72. The summed E-state index contributed by atoms with van der Waals surface area (Å²) in [5.41, 5.74) is 2.24. The monoisotopic (exact) mass is 283 g/mol. The molecule has 0 radical (unpaired) electrons. The van der Waals surface area contributed by atoms with Crippen LogP contribution in [-0.2, 0) is 6.42 Å². The minimum atomic E-state index is -0.742. The van der Waals surface area contributed by atoms with Crippen molar-refractivity contribution in [2.24, 2.45) is 4.99 Å². The van der Waals surface area contributed by atoms with Crippen LogP contribution in [0.1, 0.15) is 23.6 Å². The number of aromatic amines is 2. The van der Waals surface area contributed by atoms with Gasteiger partial charge in [0.2, 0.25) is 5.88 Å². The van der Waals surface area contributed by atoms with Crippen LogP contribution in [0.15, 0.2) is 32.8 Å². The summed E-state index contributed by atoms with van der Waals surface area (Å²) in [6, 6.07) is 5.84. The zero-order valence-corrected chi connectivity index (χ0v) is 11.3. The predicted molar refractivity (Wildman–Crippen MR) is 81.2 cm³/mol. The molecule has 3 rings (SSSR count). The van der Waals surface area contributed by atoms with Crippen LogP contribution in [0.25, 0.3) is 11.6 Å². The summed E-state index contributed by atoms with van der Waals surface area (Å²) < 4.78 is 0. The number of nitrogens with one attached hydrogen (secondary N) is 2. The molecule has 0 saturated carbocycles. The quantitative estimate of drug-likeness (QED) is 0.780. The van der Waals surface area contributed by atoms with Gasteiger partial charge in [0.1, 0.15) is 5.56 Å². The molecule has 0 amide bonds. The topological polar surface area (TPSA) is 98.3 Å². The van der Waals surface area contributed by atoms with Crippen molar-refractivity contribution >= 4 is 23.6 Å². The first kappa shape index (κ1) is 13.1. The van der Waals surface area contributed by atoms with Gasteiger partial charge in [0.25, 0.3) is 5.56 Å². The number of aromatic hydroxyl groups is 1. The number of H-pyrrole nitrogens is 2. The number of rotatable bonds is 2. The fraction of sp³-hybridized carbons (Fsp3) is 0.133. The van der Waals surface area contributed by atoms with Crippen molar-refractivity contribution in [2.45, 2.75) is 13.3 Å². The fourth-order valence-corrected chi connectivity index (χ4v) is 2.35. The second-order valence-corrected chi connectivity index (χ2v) is 4.70. The van der Waals surface area contributed by atoms with E-state index in [1.54, 1.807) is 6.21 Å². The molecular weight excluding hydrogens is 270 g/mol. The molecular formula is C15H13N3O3. The number of allylic oxidation sites excluding steroid dienone is 1. The fourth-order valence-electron chi connectivity index (χ4n) is 2.35. The number of aryl methyl sites for hydroxylation is 1. The first-order valence-corrected chi connectivity index (χ1v) is 6.53. The largest absolute Gasteiger partial charge is 0.494 e. The third-order valence-electron chi connectivity index (χ3n) is 3.40. The van der Waals surface area contributed by atoms with E-state index in [0.717, 1.165) is 23.2 Å². The lowest BCUT2D eigenvalue weighted by Gasteiger charge is -2.04. The highest BCUT2D eigenvalue weighted by Crippen LogP contribution is 2.35. The number of hydrogen-bond donors (Lipinski definition) is 3. The molecule has 1 aliphatic rings. The van der Waals surface area contributed by atoms with E-state index in [1.165, 1.54) is 6.08 Å². The highest BCUT2D eigenvalue weighted by molar-refractivity contribution is 6.21. The maximum absolute atomic E-state index is 11.8. The Hall–Kier alpha value is -2.89. The van der Waals surface area contributed by atoms with Gasteiger partial charge in [0, 0.05) is 17.4 Å². The average molecular weight is 283 g/mol. The summed E-state index contributed by atoms with van der Waals surface area (Å²) >= 11 is 0. The molecule has 2 aromatic rings. The minimum Gasteiger partial charge on any atom is -0.494 e. The van der Waals surface area contributed by atoms with E-state index < -0.39 is 17.1 Å². The third kappa shape index (κ3) is 2.20. The van der Waals surface area contributed by atoms with Gasteiger partial charge in [-0.15, -0.1) is 0 Å². The maximum atomic E-state index is 11.8. The molecule has 2 heterocycles. The second kappa shape index (κ2) is 4.90. The molecule has 1 aromatic carbocycles. The molecule has 0 aliphatic carbocycles. The zero-order chi connectivity index (χ0) is 15.0. The number of benzene rings is 1. The molecule has 21 heavy (non-hydrogen) atoms. The van der Waals surface area contributed by atoms with Crippen LogP contribution in [0.4, 0.5) is 5.69 Å². The van der Waals surface area contributed by atoms with Gasteiger partial charge >= 0.3 is 5.69 Å². The van der Waals surface area contributed by atoms with E-state index in [1.807, 2.05) is 25.1 Å². The Morgan fingerprint density at radius 1 is 1.29 bits per heavy atom. The molecule has 106 valence electrons. The van der Waals surface area contributed by atoms with Crippen molar-refractivity contribution < 1.29 is 5.11 Å². The molecule has 1 aliphatic heterocycles. The lowest BCUT2D eigenvalue weighted by atomic mass is 10.0. The number of nitrogens with zero attached hydrogens (tertiary/aromatic N) is 1. The van der Waals surface area contributed by atoms with Gasteiger partial charge in [-0.3, -0.25) is 19.8 Å². The van der Waals surface area contributed by atoms with Crippen LogP contribution in [0, 0.1) is 0 Å². The van der Waals surface area contributed by atoms with Crippen LogP contribution in [-0.4, -0.2) is 21.3 Å². The lowest BCUT2D eigenvalue weighted by molar-refractivity contribution is 0.447. The van der Waals surface area contributed by atoms with Crippen LogP contribution in [0.2, 0.25) is 0 Å². The summed E-state index contributed by atoms with van der Waals surface area (Å²) in [6.07, 6.45) is 4.02. The molecule has 6 nitrogen and oxygen atoms in total. The van der Waals surface area contributed by atoms with Gasteiger partial charge in [0.05, 0.1) is 5.69 Å². The highest BCUT2D eigenvalue weighted by Gasteiger charge is 2.16. The summed E-state index contributed by atoms with van der Waals surface area (Å²) in [6.45, 7) is 2.05. The van der Waals surface area contributed by atoms with Crippen molar-refractivity contribution in [3.63, 3.8) is 0 Å².